The molecular weight excluding hydrogens is 344 g/mol. The van der Waals surface area contributed by atoms with E-state index in [-0.39, 0.29) is 0 Å². The van der Waals surface area contributed by atoms with Gasteiger partial charge in [-0.25, -0.2) is 4.98 Å². The normalized spacial score (nSPS) is 12.7. The molecule has 0 aliphatic heterocycles. The highest BCUT2D eigenvalue weighted by molar-refractivity contribution is 7.09. The molecule has 2 aromatic heterocycles. The summed E-state index contributed by atoms with van der Waals surface area (Å²) in [6, 6.07) is 11.7. The largest absolute Gasteiger partial charge is 0.481 e. The van der Waals surface area contributed by atoms with Crippen molar-refractivity contribution in [3.8, 4) is 17.6 Å². The van der Waals surface area contributed by atoms with Crippen LogP contribution in [0.5, 0.6) is 5.75 Å². The van der Waals surface area contributed by atoms with Crippen LogP contribution in [-0.4, -0.2) is 23.7 Å². The zero-order valence-electron chi connectivity index (χ0n) is 14.8. The van der Waals surface area contributed by atoms with Gasteiger partial charge in [0.2, 0.25) is 0 Å². The summed E-state index contributed by atoms with van der Waals surface area (Å²) in [5.74, 6) is 6.80. The molecule has 0 amide bonds. The van der Waals surface area contributed by atoms with Gasteiger partial charge in [0.1, 0.15) is 23.0 Å². The van der Waals surface area contributed by atoms with Gasteiger partial charge >= 0.3 is 0 Å². The molecule has 3 rings (SSSR count). The van der Waals surface area contributed by atoms with Gasteiger partial charge in [-0.15, -0.1) is 11.3 Å². The highest BCUT2D eigenvalue weighted by Crippen LogP contribution is 2.38. The smallest absolute Gasteiger partial charge is 0.149 e. The Labute approximate surface area is 157 Å². The Morgan fingerprint density at radius 2 is 2.12 bits per heavy atom. The van der Waals surface area contributed by atoms with Crippen molar-refractivity contribution < 1.29 is 9.47 Å². The molecule has 0 aliphatic rings. The summed E-state index contributed by atoms with van der Waals surface area (Å²) in [4.78, 5) is 8.51. The standard InChI is InChI=1S/C21H20N2O2S/c1-3-21(24-2,20-23-12-14-26-20)18-9-4-10-19(15-18)25-13-6-8-17-7-5-11-22-16-17/h4-5,7,9-12,14-16H,3,13H2,1-2H3. The van der Waals surface area contributed by atoms with Crippen molar-refractivity contribution in [2.45, 2.75) is 18.9 Å². The molecule has 1 atom stereocenters. The third kappa shape index (κ3) is 3.93. The molecule has 0 aliphatic carbocycles. The molecule has 5 heteroatoms. The second-order valence-corrected chi connectivity index (χ2v) is 6.48. The number of benzene rings is 1. The molecule has 0 N–H and O–H groups in total. The predicted octanol–water partition coefficient (Wildman–Crippen LogP) is 4.27. The second kappa shape index (κ2) is 8.61. The van der Waals surface area contributed by atoms with Crippen LogP contribution in [0.25, 0.3) is 0 Å². The number of methoxy groups -OCH3 is 1. The maximum absolute atomic E-state index is 5.91. The van der Waals surface area contributed by atoms with Crippen LogP contribution in [0, 0.1) is 11.8 Å². The number of pyridine rings is 1. The number of ether oxygens (including phenoxy) is 2. The van der Waals surface area contributed by atoms with Gasteiger partial charge in [0, 0.05) is 36.6 Å². The van der Waals surface area contributed by atoms with Gasteiger partial charge in [-0.2, -0.15) is 0 Å². The summed E-state index contributed by atoms with van der Waals surface area (Å²) in [6.07, 6.45) is 6.04. The van der Waals surface area contributed by atoms with Gasteiger partial charge in [0.15, 0.2) is 0 Å². The van der Waals surface area contributed by atoms with Gasteiger partial charge in [-0.1, -0.05) is 30.9 Å². The van der Waals surface area contributed by atoms with Crippen LogP contribution in [0.3, 0.4) is 0 Å². The Hall–Kier alpha value is -2.68. The van der Waals surface area contributed by atoms with Crippen LogP contribution in [0.4, 0.5) is 0 Å². The first-order valence-corrected chi connectivity index (χ1v) is 9.24. The molecule has 2 heterocycles. The second-order valence-electron chi connectivity index (χ2n) is 5.58. The van der Waals surface area contributed by atoms with Crippen molar-refractivity contribution in [1.29, 1.82) is 0 Å². The fourth-order valence-electron chi connectivity index (χ4n) is 2.78. The first-order valence-electron chi connectivity index (χ1n) is 8.36. The zero-order valence-corrected chi connectivity index (χ0v) is 15.6. The summed E-state index contributed by atoms with van der Waals surface area (Å²) in [5.41, 5.74) is 1.34. The van der Waals surface area contributed by atoms with E-state index in [4.69, 9.17) is 9.47 Å². The summed E-state index contributed by atoms with van der Waals surface area (Å²) < 4.78 is 11.7. The van der Waals surface area contributed by atoms with Gasteiger partial charge in [0.05, 0.1) is 0 Å². The number of hydrogen-bond donors (Lipinski definition) is 0. The lowest BCUT2D eigenvalue weighted by Gasteiger charge is -2.30. The SMILES string of the molecule is CCC(OC)(c1cccc(OCC#Cc2cccnc2)c1)c1nccs1. The van der Waals surface area contributed by atoms with E-state index < -0.39 is 5.60 Å². The van der Waals surface area contributed by atoms with E-state index in [1.54, 1.807) is 37.0 Å². The molecule has 3 aromatic rings. The van der Waals surface area contributed by atoms with Gasteiger partial charge in [0.25, 0.3) is 0 Å². The van der Waals surface area contributed by atoms with Crippen molar-refractivity contribution in [3.63, 3.8) is 0 Å². The molecule has 4 nitrogen and oxygen atoms in total. The maximum atomic E-state index is 5.91. The number of hydrogen-bond acceptors (Lipinski definition) is 5. The lowest BCUT2D eigenvalue weighted by molar-refractivity contribution is 0.0182. The van der Waals surface area contributed by atoms with Crippen molar-refractivity contribution in [3.05, 3.63) is 76.5 Å². The summed E-state index contributed by atoms with van der Waals surface area (Å²) in [5, 5.41) is 2.91. The number of nitrogens with zero attached hydrogens (tertiary/aromatic N) is 2. The van der Waals surface area contributed by atoms with Gasteiger partial charge in [-0.05, 0) is 36.2 Å². The first kappa shape index (κ1) is 18.1. The van der Waals surface area contributed by atoms with Crippen LogP contribution in [0.1, 0.15) is 29.5 Å². The minimum absolute atomic E-state index is 0.307. The van der Waals surface area contributed by atoms with Gasteiger partial charge < -0.3 is 9.47 Å². The average molecular weight is 364 g/mol. The highest BCUT2D eigenvalue weighted by Gasteiger charge is 2.35. The van der Waals surface area contributed by atoms with Crippen LogP contribution in [-0.2, 0) is 10.3 Å². The number of aromatic nitrogens is 2. The first-order chi connectivity index (χ1) is 12.8. The molecule has 0 saturated heterocycles. The lowest BCUT2D eigenvalue weighted by Crippen LogP contribution is -2.29. The fraction of sp³-hybridized carbons (Fsp3) is 0.238. The summed E-state index contributed by atoms with van der Waals surface area (Å²) in [6.45, 7) is 2.40. The van der Waals surface area contributed by atoms with E-state index >= 15 is 0 Å². The molecule has 132 valence electrons. The Kier molecular flexibility index (Phi) is 6.00. The van der Waals surface area contributed by atoms with E-state index in [0.717, 1.165) is 28.3 Å². The Bertz CT molecular complexity index is 879. The number of thiazole rings is 1. The van der Waals surface area contributed by atoms with Crippen molar-refractivity contribution in [2.24, 2.45) is 0 Å². The molecule has 0 saturated carbocycles. The molecular formula is C21H20N2O2S. The van der Waals surface area contributed by atoms with Crippen molar-refractivity contribution >= 4 is 11.3 Å². The topological polar surface area (TPSA) is 44.2 Å². The minimum Gasteiger partial charge on any atom is -0.481 e. The van der Waals surface area contributed by atoms with E-state index in [0.29, 0.717) is 6.61 Å². The average Bonchev–Trinajstić information content (AvgIpc) is 3.23. The molecule has 26 heavy (non-hydrogen) atoms. The third-order valence-electron chi connectivity index (χ3n) is 4.13. The van der Waals surface area contributed by atoms with E-state index in [9.17, 15) is 0 Å². The van der Waals surface area contributed by atoms with Crippen LogP contribution in [0.2, 0.25) is 0 Å². The molecule has 0 spiro atoms. The van der Waals surface area contributed by atoms with Crippen LogP contribution >= 0.6 is 11.3 Å². The van der Waals surface area contributed by atoms with E-state index in [1.807, 2.05) is 41.8 Å². The van der Waals surface area contributed by atoms with Crippen molar-refractivity contribution in [2.75, 3.05) is 13.7 Å². The Balaban J connectivity index is 1.76. The number of rotatable bonds is 6. The summed E-state index contributed by atoms with van der Waals surface area (Å²) in [7, 11) is 1.72. The fourth-order valence-corrected chi connectivity index (χ4v) is 3.69. The molecule has 0 fully saturated rings. The van der Waals surface area contributed by atoms with E-state index in [2.05, 4.69) is 28.7 Å². The predicted molar refractivity (Wildman–Crippen MR) is 103 cm³/mol. The molecule has 0 bridgehead atoms. The zero-order chi connectivity index (χ0) is 18.2. The lowest BCUT2D eigenvalue weighted by atomic mass is 9.91. The Morgan fingerprint density at radius 1 is 1.19 bits per heavy atom. The van der Waals surface area contributed by atoms with Crippen molar-refractivity contribution in [1.82, 2.24) is 9.97 Å². The molecule has 1 aromatic carbocycles. The molecule has 0 radical (unpaired) electrons. The summed E-state index contributed by atoms with van der Waals surface area (Å²) >= 11 is 1.59. The maximum Gasteiger partial charge on any atom is 0.149 e. The van der Waals surface area contributed by atoms with Crippen LogP contribution < -0.4 is 4.74 Å². The Morgan fingerprint density at radius 3 is 2.81 bits per heavy atom. The monoisotopic (exact) mass is 364 g/mol. The molecule has 1 unspecified atom stereocenters. The quantitative estimate of drug-likeness (QED) is 0.613. The van der Waals surface area contributed by atoms with Crippen LogP contribution in [0.15, 0.2) is 60.4 Å². The highest BCUT2D eigenvalue weighted by atomic mass is 32.1. The van der Waals surface area contributed by atoms with E-state index in [1.165, 1.54) is 0 Å². The van der Waals surface area contributed by atoms with Gasteiger partial charge in [-0.3, -0.25) is 4.98 Å². The third-order valence-corrected chi connectivity index (χ3v) is 5.05. The minimum atomic E-state index is -0.561.